The lowest BCUT2D eigenvalue weighted by atomic mass is 9.73. The van der Waals surface area contributed by atoms with Gasteiger partial charge < -0.3 is 0 Å². The minimum Gasteiger partial charge on any atom is -0.202 e. The largest absolute Gasteiger partial charge is 0.209 e. The smallest absolute Gasteiger partial charge is 0.202 e. The Labute approximate surface area is 144 Å². The Bertz CT molecular complexity index is 980. The van der Waals surface area contributed by atoms with E-state index in [9.17, 15) is 0 Å². The van der Waals surface area contributed by atoms with E-state index in [0.717, 1.165) is 6.42 Å². The van der Waals surface area contributed by atoms with Crippen LogP contribution in [0.2, 0.25) is 0 Å². The van der Waals surface area contributed by atoms with Crippen LogP contribution in [0.1, 0.15) is 30.5 Å². The van der Waals surface area contributed by atoms with E-state index in [0.29, 0.717) is 0 Å². The molecule has 0 aliphatic carbocycles. The first kappa shape index (κ1) is 15.1. The number of fused-ring (bicyclic) bond motifs is 3. The summed E-state index contributed by atoms with van der Waals surface area (Å²) in [6, 6.07) is 22.1. The Kier molecular flexibility index (Phi) is 3.35. The first-order chi connectivity index (χ1) is 11.5. The first-order valence-corrected chi connectivity index (χ1v) is 8.67. The maximum atomic E-state index is 2.41. The van der Waals surface area contributed by atoms with Crippen molar-refractivity contribution in [1.82, 2.24) is 0 Å². The van der Waals surface area contributed by atoms with Gasteiger partial charge >= 0.3 is 0 Å². The van der Waals surface area contributed by atoms with Crippen LogP contribution in [0, 0.1) is 6.92 Å². The average molecular weight is 314 g/mol. The zero-order valence-corrected chi connectivity index (χ0v) is 14.9. The lowest BCUT2D eigenvalue weighted by Crippen LogP contribution is -2.32. The molecule has 1 heterocycles. The normalized spacial score (nSPS) is 19.8. The van der Waals surface area contributed by atoms with Crippen molar-refractivity contribution >= 4 is 22.2 Å². The van der Waals surface area contributed by atoms with Crippen molar-refractivity contribution in [3.63, 3.8) is 0 Å². The lowest BCUT2D eigenvalue weighted by Gasteiger charge is -2.24. The van der Waals surface area contributed by atoms with Gasteiger partial charge in [0, 0.05) is 18.6 Å². The number of benzene rings is 3. The molecule has 0 saturated carbocycles. The molecule has 3 aromatic carbocycles. The molecule has 3 aromatic rings. The highest BCUT2D eigenvalue weighted by Crippen LogP contribution is 2.45. The van der Waals surface area contributed by atoms with Crippen LogP contribution in [0.4, 0.5) is 5.69 Å². The Morgan fingerprint density at radius 1 is 0.875 bits per heavy atom. The summed E-state index contributed by atoms with van der Waals surface area (Å²) in [5.74, 6) is 0. The highest BCUT2D eigenvalue weighted by atomic mass is 15.0. The monoisotopic (exact) mass is 314 g/mol. The van der Waals surface area contributed by atoms with E-state index in [4.69, 9.17) is 0 Å². The molecule has 1 nitrogen and oxygen atoms in total. The Balaban J connectivity index is 1.97. The van der Waals surface area contributed by atoms with E-state index < -0.39 is 0 Å². The number of hydrogen-bond donors (Lipinski definition) is 0. The van der Waals surface area contributed by atoms with Crippen LogP contribution >= 0.6 is 0 Å². The van der Waals surface area contributed by atoms with Crippen LogP contribution in [0.25, 0.3) is 10.8 Å². The predicted molar refractivity (Wildman–Crippen MR) is 103 cm³/mol. The molecule has 0 spiro atoms. The molecule has 24 heavy (non-hydrogen) atoms. The van der Waals surface area contributed by atoms with Gasteiger partial charge in [-0.15, -0.1) is 0 Å². The Morgan fingerprint density at radius 3 is 2.38 bits per heavy atom. The highest BCUT2D eigenvalue weighted by molar-refractivity contribution is 6.02. The summed E-state index contributed by atoms with van der Waals surface area (Å²) in [5.41, 5.74) is 7.09. The molecular weight excluding hydrogens is 290 g/mol. The van der Waals surface area contributed by atoms with E-state index in [1.807, 2.05) is 0 Å². The summed E-state index contributed by atoms with van der Waals surface area (Å²) in [5, 5.41) is 2.71. The predicted octanol–water partition coefficient (Wildman–Crippen LogP) is 5.40. The van der Waals surface area contributed by atoms with Gasteiger partial charge in [-0.25, -0.2) is 4.58 Å². The van der Waals surface area contributed by atoms with Gasteiger partial charge in [0.05, 0.1) is 5.41 Å². The molecule has 1 unspecified atom stereocenters. The first-order valence-electron chi connectivity index (χ1n) is 8.67. The summed E-state index contributed by atoms with van der Waals surface area (Å²) >= 11 is 0. The van der Waals surface area contributed by atoms with Crippen molar-refractivity contribution in [2.24, 2.45) is 0 Å². The van der Waals surface area contributed by atoms with Crippen molar-refractivity contribution in [1.29, 1.82) is 0 Å². The maximum absolute atomic E-state index is 2.41. The van der Waals surface area contributed by atoms with Gasteiger partial charge in [-0.1, -0.05) is 48.5 Å². The van der Waals surface area contributed by atoms with Crippen LogP contribution in [0.3, 0.4) is 0 Å². The molecule has 0 fully saturated rings. The van der Waals surface area contributed by atoms with Gasteiger partial charge in [0.2, 0.25) is 5.69 Å². The van der Waals surface area contributed by atoms with Crippen LogP contribution in [-0.2, 0) is 11.8 Å². The fourth-order valence-electron chi connectivity index (χ4n) is 4.26. The number of hydrogen-bond acceptors (Lipinski definition) is 0. The Morgan fingerprint density at radius 2 is 1.58 bits per heavy atom. The molecule has 0 saturated heterocycles. The zero-order valence-electron chi connectivity index (χ0n) is 14.9. The van der Waals surface area contributed by atoms with E-state index in [-0.39, 0.29) is 5.41 Å². The van der Waals surface area contributed by atoms with Crippen molar-refractivity contribution in [3.05, 3.63) is 77.4 Å². The molecule has 0 N–H and O–H groups in total. The molecule has 0 bridgehead atoms. The Hall–Kier alpha value is -2.41. The molecule has 1 atom stereocenters. The van der Waals surface area contributed by atoms with Crippen LogP contribution in [0.5, 0.6) is 0 Å². The number of nitrogens with zero attached hydrogens (tertiary/aromatic N) is 1. The molecule has 1 aliphatic heterocycles. The van der Waals surface area contributed by atoms with Crippen molar-refractivity contribution in [3.8, 4) is 0 Å². The van der Waals surface area contributed by atoms with Crippen molar-refractivity contribution < 1.29 is 4.58 Å². The number of aryl methyl sites for hydroxylation is 1. The van der Waals surface area contributed by atoms with E-state index >= 15 is 0 Å². The lowest BCUT2D eigenvalue weighted by molar-refractivity contribution is -0.403. The molecule has 120 valence electrons. The fraction of sp³-hybridized carbons (Fsp3) is 0.261. The quantitative estimate of drug-likeness (QED) is 0.557. The third-order valence-electron chi connectivity index (χ3n) is 5.93. The summed E-state index contributed by atoms with van der Waals surface area (Å²) in [6.07, 6.45) is 1.04. The second-order valence-corrected chi connectivity index (χ2v) is 7.26. The molecule has 1 heteroatoms. The van der Waals surface area contributed by atoms with Gasteiger partial charge in [0.1, 0.15) is 7.05 Å². The second-order valence-electron chi connectivity index (χ2n) is 7.26. The topological polar surface area (TPSA) is 3.01 Å². The summed E-state index contributed by atoms with van der Waals surface area (Å²) in [6.45, 7) is 6.91. The summed E-state index contributed by atoms with van der Waals surface area (Å²) in [4.78, 5) is 0. The summed E-state index contributed by atoms with van der Waals surface area (Å²) in [7, 11) is 2.20. The molecule has 1 aliphatic rings. The fourth-order valence-corrected chi connectivity index (χ4v) is 4.26. The second kappa shape index (κ2) is 5.31. The van der Waals surface area contributed by atoms with Gasteiger partial charge in [-0.05, 0) is 48.2 Å². The van der Waals surface area contributed by atoms with Crippen molar-refractivity contribution in [2.75, 3.05) is 7.05 Å². The third kappa shape index (κ3) is 2.04. The molecule has 0 amide bonds. The van der Waals surface area contributed by atoms with Gasteiger partial charge in [-0.3, -0.25) is 0 Å². The highest BCUT2D eigenvalue weighted by Gasteiger charge is 2.46. The SMILES string of the molecule is CC1=[N+](C)c2ccc3ccccc3c2C1(C)Cc1ccccc1C. The van der Waals surface area contributed by atoms with Gasteiger partial charge in [0.15, 0.2) is 5.71 Å². The van der Waals surface area contributed by atoms with E-state index in [1.165, 1.54) is 38.9 Å². The van der Waals surface area contributed by atoms with E-state index in [1.54, 1.807) is 0 Å². The van der Waals surface area contributed by atoms with E-state index in [2.05, 4.69) is 93.1 Å². The van der Waals surface area contributed by atoms with Gasteiger partial charge in [0.25, 0.3) is 0 Å². The number of rotatable bonds is 2. The molecular formula is C23H24N+. The van der Waals surface area contributed by atoms with Gasteiger partial charge in [-0.2, -0.15) is 0 Å². The standard InChI is InChI=1S/C23H24N/c1-16-9-5-6-11-19(16)15-23(3)17(2)24(4)21-14-13-18-10-7-8-12-20(18)22(21)23/h5-14H,15H2,1-4H3/q+1. The summed E-state index contributed by atoms with van der Waals surface area (Å²) < 4.78 is 2.38. The molecule has 0 radical (unpaired) electrons. The maximum Gasteiger partial charge on any atom is 0.209 e. The minimum absolute atomic E-state index is 0.0249. The van der Waals surface area contributed by atoms with Crippen LogP contribution in [-0.4, -0.2) is 17.3 Å². The molecule has 0 aromatic heterocycles. The molecule has 4 rings (SSSR count). The third-order valence-corrected chi connectivity index (χ3v) is 5.93. The minimum atomic E-state index is 0.0249. The average Bonchev–Trinajstić information content (AvgIpc) is 2.79. The van der Waals surface area contributed by atoms with Crippen molar-refractivity contribution in [2.45, 2.75) is 32.6 Å². The zero-order chi connectivity index (χ0) is 16.9. The van der Waals surface area contributed by atoms with Crippen LogP contribution < -0.4 is 0 Å². The van der Waals surface area contributed by atoms with Crippen LogP contribution in [0.15, 0.2) is 60.7 Å².